The Morgan fingerprint density at radius 1 is 1.17 bits per heavy atom. The number of para-hydroxylation sites is 1. The first kappa shape index (κ1) is 17.7. The molecule has 0 radical (unpaired) electrons. The molecule has 6 nitrogen and oxygen atoms in total. The molecule has 6 rings (SSSR count). The molecule has 1 fully saturated rings. The summed E-state index contributed by atoms with van der Waals surface area (Å²) in [6.07, 6.45) is 2.58. The molecular weight excluding hydrogens is 378 g/mol. The molecule has 0 saturated carbocycles. The van der Waals surface area contributed by atoms with Crippen LogP contribution in [0, 0.1) is 0 Å². The van der Waals surface area contributed by atoms with Crippen molar-refractivity contribution in [1.29, 1.82) is 0 Å². The van der Waals surface area contributed by atoms with Crippen molar-refractivity contribution >= 4 is 22.7 Å². The van der Waals surface area contributed by atoms with Crippen LogP contribution < -0.4 is 5.32 Å². The summed E-state index contributed by atoms with van der Waals surface area (Å²) in [5.74, 6) is -0.176. The van der Waals surface area contributed by atoms with E-state index in [9.17, 15) is 9.59 Å². The van der Waals surface area contributed by atoms with Gasteiger partial charge in [-0.05, 0) is 36.1 Å². The van der Waals surface area contributed by atoms with Crippen LogP contribution in [0.25, 0.3) is 10.9 Å². The zero-order valence-electron chi connectivity index (χ0n) is 16.6. The minimum Gasteiger partial charge on any atom is -0.376 e. The first-order chi connectivity index (χ1) is 14.7. The molecule has 3 aromatic rings. The molecule has 0 unspecified atom stereocenters. The predicted molar refractivity (Wildman–Crippen MR) is 112 cm³/mol. The Morgan fingerprint density at radius 3 is 2.87 bits per heavy atom. The average Bonchev–Trinajstić information content (AvgIpc) is 3.49. The zero-order chi connectivity index (χ0) is 20.2. The SMILES string of the molecule is O=C(NC[C@H]1CCCO1)[C@@H]1Cc2c([nH]c3ccccc23)[C@H]2c3ccccc3C(=O)N21. The standard InChI is InChI=1S/C24H23N3O3/c28-23(25-13-14-6-5-11-30-14)20-12-18-15-7-3-4-10-19(15)26-21(18)22-16-8-1-2-9-17(16)24(29)27(20)22/h1-4,7-10,14,20,22,26H,5-6,11-13H2,(H,25,28)/t14-,20+,22-/m1/s1. The van der Waals surface area contributed by atoms with E-state index in [1.165, 1.54) is 0 Å². The fourth-order valence-corrected chi connectivity index (χ4v) is 5.27. The maximum absolute atomic E-state index is 13.3. The van der Waals surface area contributed by atoms with E-state index in [4.69, 9.17) is 4.74 Å². The van der Waals surface area contributed by atoms with E-state index >= 15 is 0 Å². The quantitative estimate of drug-likeness (QED) is 0.709. The van der Waals surface area contributed by atoms with Gasteiger partial charge in [-0.3, -0.25) is 9.59 Å². The number of nitrogens with zero attached hydrogens (tertiary/aromatic N) is 1. The number of carbonyl (C=O) groups is 2. The van der Waals surface area contributed by atoms with Gasteiger partial charge in [0, 0.05) is 41.7 Å². The lowest BCUT2D eigenvalue weighted by Crippen LogP contribution is -2.53. The Morgan fingerprint density at radius 2 is 2.00 bits per heavy atom. The van der Waals surface area contributed by atoms with Crippen molar-refractivity contribution in [2.24, 2.45) is 0 Å². The van der Waals surface area contributed by atoms with E-state index in [1.807, 2.05) is 42.5 Å². The average molecular weight is 401 g/mol. The summed E-state index contributed by atoms with van der Waals surface area (Å²) < 4.78 is 5.65. The van der Waals surface area contributed by atoms with Crippen LogP contribution in [0.2, 0.25) is 0 Å². The first-order valence-corrected chi connectivity index (χ1v) is 10.6. The number of aromatic nitrogens is 1. The van der Waals surface area contributed by atoms with Crippen molar-refractivity contribution in [2.75, 3.05) is 13.2 Å². The molecule has 2 aromatic carbocycles. The number of H-pyrrole nitrogens is 1. The third kappa shape index (κ3) is 2.53. The number of amides is 2. The fraction of sp³-hybridized carbons (Fsp3) is 0.333. The molecule has 0 bridgehead atoms. The van der Waals surface area contributed by atoms with Crippen molar-refractivity contribution in [3.8, 4) is 0 Å². The van der Waals surface area contributed by atoms with Crippen molar-refractivity contribution in [3.05, 3.63) is 70.9 Å². The van der Waals surface area contributed by atoms with Crippen molar-refractivity contribution in [2.45, 2.75) is 37.5 Å². The third-order valence-electron chi connectivity index (χ3n) is 6.68. The maximum atomic E-state index is 13.3. The Bertz CT molecular complexity index is 1160. The number of fused-ring (bicyclic) bond motifs is 7. The van der Waals surface area contributed by atoms with Crippen LogP contribution in [-0.2, 0) is 16.0 Å². The van der Waals surface area contributed by atoms with E-state index in [1.54, 1.807) is 4.90 Å². The largest absolute Gasteiger partial charge is 0.376 e. The number of nitrogens with one attached hydrogen (secondary N) is 2. The van der Waals surface area contributed by atoms with E-state index in [0.717, 1.165) is 47.2 Å². The second kappa shape index (κ2) is 6.71. The number of hydrogen-bond acceptors (Lipinski definition) is 3. The van der Waals surface area contributed by atoms with Crippen LogP contribution in [-0.4, -0.2) is 47.0 Å². The van der Waals surface area contributed by atoms with Gasteiger partial charge in [0.25, 0.3) is 5.91 Å². The number of benzene rings is 2. The van der Waals surface area contributed by atoms with Crippen molar-refractivity contribution in [1.82, 2.24) is 15.2 Å². The molecule has 6 heteroatoms. The minimum absolute atomic E-state index is 0.0721. The molecule has 0 spiro atoms. The van der Waals surface area contributed by atoms with E-state index in [-0.39, 0.29) is 24.0 Å². The topological polar surface area (TPSA) is 74.4 Å². The van der Waals surface area contributed by atoms with Gasteiger partial charge in [0.05, 0.1) is 12.1 Å². The number of aromatic amines is 1. The molecule has 2 N–H and O–H groups in total. The van der Waals surface area contributed by atoms with Gasteiger partial charge in [0.15, 0.2) is 0 Å². The summed E-state index contributed by atoms with van der Waals surface area (Å²) >= 11 is 0. The van der Waals surface area contributed by atoms with Crippen LogP contribution in [0.3, 0.4) is 0 Å². The Balaban J connectivity index is 1.43. The molecule has 3 aliphatic rings. The third-order valence-corrected chi connectivity index (χ3v) is 6.68. The van der Waals surface area contributed by atoms with Crippen LogP contribution in [0.1, 0.15) is 46.1 Å². The highest BCUT2D eigenvalue weighted by molar-refractivity contribution is 6.03. The molecule has 3 aliphatic heterocycles. The van der Waals surface area contributed by atoms with E-state index in [0.29, 0.717) is 18.5 Å². The van der Waals surface area contributed by atoms with Gasteiger partial charge in [-0.2, -0.15) is 0 Å². The van der Waals surface area contributed by atoms with Gasteiger partial charge < -0.3 is 19.9 Å². The summed E-state index contributed by atoms with van der Waals surface area (Å²) in [6.45, 7) is 1.25. The predicted octanol–water partition coefficient (Wildman–Crippen LogP) is 2.93. The molecule has 3 atom stereocenters. The minimum atomic E-state index is -0.539. The smallest absolute Gasteiger partial charge is 0.255 e. The highest BCUT2D eigenvalue weighted by Gasteiger charge is 2.48. The number of rotatable bonds is 3. The Labute approximate surface area is 174 Å². The van der Waals surface area contributed by atoms with Gasteiger partial charge in [0.2, 0.25) is 5.91 Å². The van der Waals surface area contributed by atoms with E-state index < -0.39 is 6.04 Å². The molecule has 2 amide bonds. The van der Waals surface area contributed by atoms with Crippen LogP contribution in [0.4, 0.5) is 0 Å². The lowest BCUT2D eigenvalue weighted by atomic mass is 9.90. The first-order valence-electron chi connectivity index (χ1n) is 10.6. The van der Waals surface area contributed by atoms with Gasteiger partial charge in [-0.1, -0.05) is 36.4 Å². The van der Waals surface area contributed by atoms with Gasteiger partial charge in [0.1, 0.15) is 6.04 Å². The highest BCUT2D eigenvalue weighted by atomic mass is 16.5. The summed E-state index contributed by atoms with van der Waals surface area (Å²) in [5.41, 5.74) is 4.85. The summed E-state index contributed by atoms with van der Waals surface area (Å²) in [7, 11) is 0. The summed E-state index contributed by atoms with van der Waals surface area (Å²) in [6, 6.07) is 15.1. The molecule has 4 heterocycles. The molecule has 1 saturated heterocycles. The number of hydrogen-bond donors (Lipinski definition) is 2. The van der Waals surface area contributed by atoms with Gasteiger partial charge in [-0.15, -0.1) is 0 Å². The van der Waals surface area contributed by atoms with Crippen molar-refractivity contribution < 1.29 is 14.3 Å². The maximum Gasteiger partial charge on any atom is 0.255 e. The number of carbonyl (C=O) groups excluding carboxylic acids is 2. The Hall–Kier alpha value is -3.12. The van der Waals surface area contributed by atoms with Crippen LogP contribution in [0.5, 0.6) is 0 Å². The Kier molecular flexibility index (Phi) is 3.96. The number of ether oxygens (including phenoxy) is 1. The molecule has 30 heavy (non-hydrogen) atoms. The lowest BCUT2D eigenvalue weighted by molar-refractivity contribution is -0.126. The highest BCUT2D eigenvalue weighted by Crippen LogP contribution is 2.46. The fourth-order valence-electron chi connectivity index (χ4n) is 5.27. The second-order valence-corrected chi connectivity index (χ2v) is 8.37. The van der Waals surface area contributed by atoms with Crippen LogP contribution >= 0.6 is 0 Å². The molecular formula is C24H23N3O3. The van der Waals surface area contributed by atoms with E-state index in [2.05, 4.69) is 16.4 Å². The van der Waals surface area contributed by atoms with Gasteiger partial charge >= 0.3 is 0 Å². The summed E-state index contributed by atoms with van der Waals surface area (Å²) in [4.78, 5) is 31.9. The van der Waals surface area contributed by atoms with Crippen molar-refractivity contribution in [3.63, 3.8) is 0 Å². The molecule has 152 valence electrons. The molecule has 1 aromatic heterocycles. The second-order valence-electron chi connectivity index (χ2n) is 8.37. The van der Waals surface area contributed by atoms with Crippen LogP contribution in [0.15, 0.2) is 48.5 Å². The monoisotopic (exact) mass is 401 g/mol. The lowest BCUT2D eigenvalue weighted by Gasteiger charge is -2.37. The zero-order valence-corrected chi connectivity index (χ0v) is 16.6. The molecule has 0 aliphatic carbocycles. The van der Waals surface area contributed by atoms with Gasteiger partial charge in [-0.25, -0.2) is 0 Å². The normalized spacial score (nSPS) is 24.6. The summed E-state index contributed by atoms with van der Waals surface area (Å²) in [5, 5.41) is 4.18.